The number of imidazole rings is 1. The number of rotatable bonds is 4. The number of H-pyrrole nitrogens is 1. The van der Waals surface area contributed by atoms with E-state index in [0.29, 0.717) is 19.0 Å². The summed E-state index contributed by atoms with van der Waals surface area (Å²) in [4.78, 5) is 40.9. The van der Waals surface area contributed by atoms with Crippen molar-refractivity contribution in [2.24, 2.45) is 5.92 Å². The van der Waals surface area contributed by atoms with Crippen LogP contribution in [0.15, 0.2) is 6.33 Å². The third kappa shape index (κ3) is 3.18. The van der Waals surface area contributed by atoms with Gasteiger partial charge in [0.2, 0.25) is 11.8 Å². The standard InChI is InChI=1S/C22H33N5O2/c1-2-18(25-10-3-4-11-25)21(29)26-13-8-22(9-14-26)19-17(23-15-24-19)7-12-27(22)20(28)16-5-6-16/h15-16,18H,2-14H2,1H3,(H,23,24). The zero-order chi connectivity index (χ0) is 20.0. The van der Waals surface area contributed by atoms with Gasteiger partial charge in [-0.25, -0.2) is 4.98 Å². The average molecular weight is 400 g/mol. The molecule has 1 saturated carbocycles. The van der Waals surface area contributed by atoms with Gasteiger partial charge >= 0.3 is 0 Å². The molecule has 1 aromatic rings. The monoisotopic (exact) mass is 399 g/mol. The highest BCUT2D eigenvalue weighted by Gasteiger charge is 2.51. The molecule has 7 nitrogen and oxygen atoms in total. The number of hydrogen-bond acceptors (Lipinski definition) is 4. The van der Waals surface area contributed by atoms with Gasteiger partial charge in [0.15, 0.2) is 0 Å². The number of fused-ring (bicyclic) bond motifs is 2. The van der Waals surface area contributed by atoms with Crippen molar-refractivity contribution in [1.82, 2.24) is 24.7 Å². The molecular weight excluding hydrogens is 366 g/mol. The molecule has 3 fully saturated rings. The highest BCUT2D eigenvalue weighted by atomic mass is 16.2. The van der Waals surface area contributed by atoms with E-state index in [1.54, 1.807) is 6.33 Å². The van der Waals surface area contributed by atoms with E-state index in [4.69, 9.17) is 0 Å². The van der Waals surface area contributed by atoms with E-state index >= 15 is 0 Å². The maximum Gasteiger partial charge on any atom is 0.239 e. The van der Waals surface area contributed by atoms with Crippen LogP contribution in [0.2, 0.25) is 0 Å². The van der Waals surface area contributed by atoms with Crippen molar-refractivity contribution in [2.75, 3.05) is 32.7 Å². The summed E-state index contributed by atoms with van der Waals surface area (Å²) in [5, 5.41) is 0. The van der Waals surface area contributed by atoms with E-state index in [-0.39, 0.29) is 23.4 Å². The van der Waals surface area contributed by atoms with Gasteiger partial charge in [-0.3, -0.25) is 14.5 Å². The zero-order valence-electron chi connectivity index (χ0n) is 17.5. The number of aromatic amines is 1. The van der Waals surface area contributed by atoms with E-state index in [2.05, 4.69) is 31.6 Å². The summed E-state index contributed by atoms with van der Waals surface area (Å²) in [5.74, 6) is 0.802. The van der Waals surface area contributed by atoms with E-state index in [1.807, 2.05) is 0 Å². The minimum atomic E-state index is -0.334. The molecule has 7 heteroatoms. The smallest absolute Gasteiger partial charge is 0.239 e. The predicted molar refractivity (Wildman–Crippen MR) is 109 cm³/mol. The van der Waals surface area contributed by atoms with Gasteiger partial charge < -0.3 is 14.8 Å². The van der Waals surface area contributed by atoms with Crippen molar-refractivity contribution in [2.45, 2.75) is 69.9 Å². The van der Waals surface area contributed by atoms with Crippen LogP contribution in [0.3, 0.4) is 0 Å². The first kappa shape index (κ1) is 19.1. The molecule has 3 aliphatic heterocycles. The molecule has 158 valence electrons. The number of piperidine rings is 1. The zero-order valence-corrected chi connectivity index (χ0v) is 17.5. The molecule has 1 unspecified atom stereocenters. The third-order valence-electron chi connectivity index (χ3n) is 7.61. The van der Waals surface area contributed by atoms with E-state index < -0.39 is 0 Å². The molecule has 0 radical (unpaired) electrons. The number of carbonyl (C=O) groups is 2. The molecule has 0 bridgehead atoms. The lowest BCUT2D eigenvalue weighted by Gasteiger charge is -2.51. The SMILES string of the molecule is CCC(C(=O)N1CCC2(CC1)c1nc[nH]c1CCN2C(=O)C1CC1)N1CCCC1. The van der Waals surface area contributed by atoms with Crippen LogP contribution in [-0.2, 0) is 21.5 Å². The minimum absolute atomic E-state index is 0.0167. The lowest BCUT2D eigenvalue weighted by molar-refractivity contribution is -0.147. The van der Waals surface area contributed by atoms with E-state index in [9.17, 15) is 9.59 Å². The first-order valence-electron chi connectivity index (χ1n) is 11.5. The van der Waals surface area contributed by atoms with Crippen LogP contribution in [0, 0.1) is 5.92 Å². The maximum atomic E-state index is 13.3. The lowest BCUT2D eigenvalue weighted by Crippen LogP contribution is -2.60. The molecule has 2 saturated heterocycles. The minimum Gasteiger partial charge on any atom is -0.348 e. The third-order valence-corrected chi connectivity index (χ3v) is 7.61. The largest absolute Gasteiger partial charge is 0.348 e. The van der Waals surface area contributed by atoms with Gasteiger partial charge in [0.05, 0.1) is 23.6 Å². The lowest BCUT2D eigenvalue weighted by atomic mass is 9.78. The summed E-state index contributed by atoms with van der Waals surface area (Å²) in [6, 6.07) is 0.0167. The second kappa shape index (κ2) is 7.42. The number of carbonyl (C=O) groups excluding carboxylic acids is 2. The Labute approximate surface area is 172 Å². The van der Waals surface area contributed by atoms with Crippen LogP contribution in [0.25, 0.3) is 0 Å². The van der Waals surface area contributed by atoms with Crippen molar-refractivity contribution < 1.29 is 9.59 Å². The molecule has 1 N–H and O–H groups in total. The van der Waals surface area contributed by atoms with Gasteiger partial charge in [0.1, 0.15) is 0 Å². The second-order valence-electron chi connectivity index (χ2n) is 9.27. The number of hydrogen-bond donors (Lipinski definition) is 1. The Morgan fingerprint density at radius 2 is 1.90 bits per heavy atom. The summed E-state index contributed by atoms with van der Waals surface area (Å²) in [6.45, 7) is 6.40. The van der Waals surface area contributed by atoms with Gasteiger partial charge in [0, 0.05) is 37.7 Å². The van der Waals surface area contributed by atoms with Crippen LogP contribution in [0.4, 0.5) is 0 Å². The highest BCUT2D eigenvalue weighted by Crippen LogP contribution is 2.45. The normalized spacial score (nSPS) is 25.3. The van der Waals surface area contributed by atoms with E-state index in [0.717, 1.165) is 63.9 Å². The van der Waals surface area contributed by atoms with Crippen molar-refractivity contribution in [3.63, 3.8) is 0 Å². The Balaban J connectivity index is 1.35. The molecule has 0 aromatic carbocycles. The van der Waals surface area contributed by atoms with Gasteiger partial charge in [-0.15, -0.1) is 0 Å². The molecular formula is C22H33N5O2. The van der Waals surface area contributed by atoms with Crippen molar-refractivity contribution >= 4 is 11.8 Å². The van der Waals surface area contributed by atoms with Crippen LogP contribution < -0.4 is 0 Å². The number of amides is 2. The topological polar surface area (TPSA) is 72.5 Å². The molecule has 5 rings (SSSR count). The number of nitrogens with zero attached hydrogens (tertiary/aromatic N) is 4. The Bertz CT molecular complexity index is 772. The molecule has 1 atom stereocenters. The number of aromatic nitrogens is 2. The Morgan fingerprint density at radius 1 is 1.17 bits per heavy atom. The second-order valence-corrected chi connectivity index (χ2v) is 9.27. The fourth-order valence-electron chi connectivity index (χ4n) is 5.81. The quantitative estimate of drug-likeness (QED) is 0.839. The molecule has 2 amide bonds. The predicted octanol–water partition coefficient (Wildman–Crippen LogP) is 1.90. The van der Waals surface area contributed by atoms with Crippen LogP contribution in [-0.4, -0.2) is 75.2 Å². The van der Waals surface area contributed by atoms with Gasteiger partial charge in [-0.05, 0) is 58.0 Å². The summed E-state index contributed by atoms with van der Waals surface area (Å²) in [5.41, 5.74) is 1.89. The Kier molecular flexibility index (Phi) is 4.88. The van der Waals surface area contributed by atoms with E-state index in [1.165, 1.54) is 18.5 Å². The van der Waals surface area contributed by atoms with Crippen molar-refractivity contribution in [3.05, 3.63) is 17.7 Å². The highest BCUT2D eigenvalue weighted by molar-refractivity contribution is 5.83. The fourth-order valence-corrected chi connectivity index (χ4v) is 5.81. The number of likely N-dealkylation sites (tertiary alicyclic amines) is 2. The molecule has 1 spiro atoms. The Morgan fingerprint density at radius 3 is 2.55 bits per heavy atom. The van der Waals surface area contributed by atoms with Crippen molar-refractivity contribution in [1.29, 1.82) is 0 Å². The van der Waals surface area contributed by atoms with Gasteiger partial charge in [-0.1, -0.05) is 6.92 Å². The van der Waals surface area contributed by atoms with Gasteiger partial charge in [0.25, 0.3) is 0 Å². The first-order valence-corrected chi connectivity index (χ1v) is 11.5. The van der Waals surface area contributed by atoms with Gasteiger partial charge in [-0.2, -0.15) is 0 Å². The van der Waals surface area contributed by atoms with Crippen LogP contribution in [0.5, 0.6) is 0 Å². The first-order chi connectivity index (χ1) is 14.1. The van der Waals surface area contributed by atoms with Crippen LogP contribution >= 0.6 is 0 Å². The molecule has 29 heavy (non-hydrogen) atoms. The molecule has 4 aliphatic rings. The summed E-state index contributed by atoms with van der Waals surface area (Å²) >= 11 is 0. The molecule has 1 aliphatic carbocycles. The molecule has 1 aromatic heterocycles. The fraction of sp³-hybridized carbons (Fsp3) is 0.773. The summed E-state index contributed by atoms with van der Waals surface area (Å²) < 4.78 is 0. The molecule has 4 heterocycles. The Hall–Kier alpha value is -1.89. The summed E-state index contributed by atoms with van der Waals surface area (Å²) in [7, 11) is 0. The summed E-state index contributed by atoms with van der Waals surface area (Å²) in [6.07, 6.45) is 9.54. The average Bonchev–Trinajstić information content (AvgIpc) is 3.23. The van der Waals surface area contributed by atoms with Crippen LogP contribution in [0.1, 0.15) is 63.3 Å². The number of nitrogens with one attached hydrogen (secondary N) is 1. The van der Waals surface area contributed by atoms with Crippen molar-refractivity contribution in [3.8, 4) is 0 Å². The maximum absolute atomic E-state index is 13.3.